The number of hydrogen-bond acceptors (Lipinski definition) is 3. The fraction of sp³-hybridized carbons (Fsp3) is 0.375. The van der Waals surface area contributed by atoms with Crippen LogP contribution in [0.1, 0.15) is 19.3 Å². The molecule has 1 saturated carbocycles. The van der Waals surface area contributed by atoms with Crippen LogP contribution in [0, 0.1) is 11.8 Å². The van der Waals surface area contributed by atoms with Crippen LogP contribution >= 0.6 is 0 Å². The van der Waals surface area contributed by atoms with E-state index < -0.39 is 0 Å². The Labute approximate surface area is 118 Å². The molecule has 0 bridgehead atoms. The molecule has 104 valence electrons. The van der Waals surface area contributed by atoms with Crippen LogP contribution in [0.25, 0.3) is 10.9 Å². The van der Waals surface area contributed by atoms with Crippen molar-refractivity contribution in [3.8, 4) is 0 Å². The third-order valence-electron chi connectivity index (χ3n) is 4.16. The Morgan fingerprint density at radius 3 is 3.05 bits per heavy atom. The molecule has 1 amide bonds. The smallest absolute Gasteiger partial charge is 0.227 e. The molecule has 1 aliphatic carbocycles. The number of hydrogen-bond donors (Lipinski definition) is 2. The van der Waals surface area contributed by atoms with E-state index in [1.807, 2.05) is 30.3 Å². The molecule has 20 heavy (non-hydrogen) atoms. The zero-order valence-corrected chi connectivity index (χ0v) is 11.4. The number of rotatable bonds is 3. The van der Waals surface area contributed by atoms with Crippen molar-refractivity contribution in [1.29, 1.82) is 0 Å². The number of fused-ring (bicyclic) bond motifs is 1. The van der Waals surface area contributed by atoms with Gasteiger partial charge in [-0.2, -0.15) is 0 Å². The summed E-state index contributed by atoms with van der Waals surface area (Å²) < 4.78 is 0. The number of amides is 1. The minimum atomic E-state index is 0.0477. The van der Waals surface area contributed by atoms with Crippen molar-refractivity contribution in [3.05, 3.63) is 36.5 Å². The summed E-state index contributed by atoms with van der Waals surface area (Å²) in [4.78, 5) is 16.7. The second-order valence-corrected chi connectivity index (χ2v) is 5.44. The quantitative estimate of drug-likeness (QED) is 0.899. The second kappa shape index (κ2) is 5.59. The molecule has 1 aliphatic rings. The number of anilines is 1. The van der Waals surface area contributed by atoms with Crippen molar-refractivity contribution < 1.29 is 4.79 Å². The summed E-state index contributed by atoms with van der Waals surface area (Å²) in [5.74, 6) is 0.449. The molecule has 0 unspecified atom stereocenters. The van der Waals surface area contributed by atoms with Gasteiger partial charge in [0.25, 0.3) is 0 Å². The van der Waals surface area contributed by atoms with E-state index in [0.717, 1.165) is 35.9 Å². The maximum absolute atomic E-state index is 12.3. The first-order chi connectivity index (χ1) is 9.78. The monoisotopic (exact) mass is 269 g/mol. The number of carbonyl (C=O) groups is 1. The molecule has 0 saturated heterocycles. The summed E-state index contributed by atoms with van der Waals surface area (Å²) in [7, 11) is 0. The number of carbonyl (C=O) groups excluding carboxylic acids is 1. The highest BCUT2D eigenvalue weighted by molar-refractivity contribution is 5.94. The minimum absolute atomic E-state index is 0.0477. The molecule has 2 aromatic rings. The number of aromatic nitrogens is 1. The molecule has 3 N–H and O–H groups in total. The van der Waals surface area contributed by atoms with Gasteiger partial charge in [-0.05, 0) is 37.4 Å². The van der Waals surface area contributed by atoms with Crippen LogP contribution in [0.2, 0.25) is 0 Å². The molecule has 1 fully saturated rings. The number of para-hydroxylation sites is 1. The van der Waals surface area contributed by atoms with E-state index in [-0.39, 0.29) is 11.8 Å². The fourth-order valence-electron chi connectivity index (χ4n) is 3.04. The highest BCUT2D eigenvalue weighted by Crippen LogP contribution is 2.32. The SMILES string of the molecule is NC[C@H]1CCC[C@H]1C(=O)Nc1cnc2ccccc2c1. The Kier molecular flexibility index (Phi) is 3.65. The Balaban J connectivity index is 1.77. The van der Waals surface area contributed by atoms with Gasteiger partial charge in [0.05, 0.1) is 17.4 Å². The van der Waals surface area contributed by atoms with Crippen molar-refractivity contribution in [2.45, 2.75) is 19.3 Å². The van der Waals surface area contributed by atoms with Crippen LogP contribution in [-0.2, 0) is 4.79 Å². The lowest BCUT2D eigenvalue weighted by molar-refractivity contribution is -0.120. The molecule has 2 atom stereocenters. The average molecular weight is 269 g/mol. The topological polar surface area (TPSA) is 68.0 Å². The minimum Gasteiger partial charge on any atom is -0.330 e. The van der Waals surface area contributed by atoms with Crippen molar-refractivity contribution in [1.82, 2.24) is 4.98 Å². The van der Waals surface area contributed by atoms with E-state index in [1.54, 1.807) is 6.20 Å². The standard InChI is InChI=1S/C16H19N3O/c17-9-12-5-3-6-14(12)16(20)19-13-8-11-4-1-2-7-15(11)18-10-13/h1-2,4,7-8,10,12,14H,3,5-6,9,17H2,(H,19,20)/t12-,14-/m1/s1. The first-order valence-corrected chi connectivity index (χ1v) is 7.13. The molecule has 3 rings (SSSR count). The Hall–Kier alpha value is -1.94. The van der Waals surface area contributed by atoms with E-state index in [4.69, 9.17) is 5.73 Å². The van der Waals surface area contributed by atoms with Gasteiger partial charge in [0, 0.05) is 11.3 Å². The summed E-state index contributed by atoms with van der Waals surface area (Å²) in [6.45, 7) is 0.591. The summed E-state index contributed by atoms with van der Waals surface area (Å²) in [5, 5.41) is 4.02. The molecular formula is C16H19N3O. The largest absolute Gasteiger partial charge is 0.330 e. The van der Waals surface area contributed by atoms with Crippen molar-refractivity contribution in [2.75, 3.05) is 11.9 Å². The summed E-state index contributed by atoms with van der Waals surface area (Å²) in [6, 6.07) is 9.85. The van der Waals surface area contributed by atoms with Gasteiger partial charge in [-0.25, -0.2) is 0 Å². The Bertz CT molecular complexity index is 626. The summed E-state index contributed by atoms with van der Waals surface area (Å²) >= 11 is 0. The molecule has 0 aliphatic heterocycles. The van der Waals surface area contributed by atoms with Crippen molar-refractivity contribution in [2.24, 2.45) is 17.6 Å². The van der Waals surface area contributed by atoms with Crippen LogP contribution in [0.4, 0.5) is 5.69 Å². The van der Waals surface area contributed by atoms with Crippen molar-refractivity contribution >= 4 is 22.5 Å². The molecule has 1 heterocycles. The van der Waals surface area contributed by atoms with Gasteiger partial charge in [0.2, 0.25) is 5.91 Å². The van der Waals surface area contributed by atoms with Gasteiger partial charge in [-0.15, -0.1) is 0 Å². The predicted molar refractivity (Wildman–Crippen MR) is 80.3 cm³/mol. The molecule has 1 aromatic heterocycles. The van der Waals surface area contributed by atoms with Crippen LogP contribution in [-0.4, -0.2) is 17.4 Å². The first kappa shape index (κ1) is 13.1. The van der Waals surface area contributed by atoms with E-state index in [0.29, 0.717) is 12.5 Å². The number of nitrogens with two attached hydrogens (primary N) is 1. The van der Waals surface area contributed by atoms with Gasteiger partial charge in [0.1, 0.15) is 0 Å². The highest BCUT2D eigenvalue weighted by Gasteiger charge is 2.31. The Morgan fingerprint density at radius 2 is 2.20 bits per heavy atom. The number of pyridine rings is 1. The lowest BCUT2D eigenvalue weighted by Gasteiger charge is -2.17. The van der Waals surface area contributed by atoms with E-state index in [9.17, 15) is 4.79 Å². The van der Waals surface area contributed by atoms with E-state index in [2.05, 4.69) is 10.3 Å². The third-order valence-corrected chi connectivity index (χ3v) is 4.16. The first-order valence-electron chi connectivity index (χ1n) is 7.13. The maximum Gasteiger partial charge on any atom is 0.227 e. The summed E-state index contributed by atoms with van der Waals surface area (Å²) in [6.07, 6.45) is 4.81. The van der Waals surface area contributed by atoms with Crippen LogP contribution in [0.5, 0.6) is 0 Å². The molecule has 1 aromatic carbocycles. The lowest BCUT2D eigenvalue weighted by atomic mass is 9.95. The maximum atomic E-state index is 12.3. The summed E-state index contributed by atoms with van der Waals surface area (Å²) in [5.41, 5.74) is 7.43. The zero-order chi connectivity index (χ0) is 13.9. The van der Waals surface area contributed by atoms with Gasteiger partial charge in [-0.1, -0.05) is 24.6 Å². The molecule has 4 nitrogen and oxygen atoms in total. The second-order valence-electron chi connectivity index (χ2n) is 5.44. The zero-order valence-electron chi connectivity index (χ0n) is 11.4. The van der Waals surface area contributed by atoms with Crippen LogP contribution in [0.3, 0.4) is 0 Å². The number of nitrogens with one attached hydrogen (secondary N) is 1. The fourth-order valence-corrected chi connectivity index (χ4v) is 3.04. The Morgan fingerprint density at radius 1 is 1.35 bits per heavy atom. The number of nitrogens with zero attached hydrogens (tertiary/aromatic N) is 1. The van der Waals surface area contributed by atoms with E-state index >= 15 is 0 Å². The molecule has 4 heteroatoms. The van der Waals surface area contributed by atoms with Gasteiger partial charge in [0.15, 0.2) is 0 Å². The predicted octanol–water partition coefficient (Wildman–Crippen LogP) is 2.55. The van der Waals surface area contributed by atoms with Gasteiger partial charge < -0.3 is 11.1 Å². The molecule has 0 spiro atoms. The molecular weight excluding hydrogens is 250 g/mol. The normalized spacial score (nSPS) is 22.1. The van der Waals surface area contributed by atoms with Gasteiger partial charge >= 0.3 is 0 Å². The van der Waals surface area contributed by atoms with Crippen LogP contribution < -0.4 is 11.1 Å². The third kappa shape index (κ3) is 2.51. The number of benzene rings is 1. The lowest BCUT2D eigenvalue weighted by Crippen LogP contribution is -2.29. The van der Waals surface area contributed by atoms with Crippen molar-refractivity contribution in [3.63, 3.8) is 0 Å². The average Bonchev–Trinajstić information content (AvgIpc) is 2.95. The van der Waals surface area contributed by atoms with E-state index in [1.165, 1.54) is 0 Å². The molecule has 0 radical (unpaired) electrons. The van der Waals surface area contributed by atoms with Gasteiger partial charge in [-0.3, -0.25) is 9.78 Å². The highest BCUT2D eigenvalue weighted by atomic mass is 16.1. The van der Waals surface area contributed by atoms with Crippen LogP contribution in [0.15, 0.2) is 36.5 Å².